The van der Waals surface area contributed by atoms with Crippen molar-refractivity contribution in [2.45, 2.75) is 26.3 Å². The molecule has 0 saturated heterocycles. The first kappa shape index (κ1) is 11.9. The van der Waals surface area contributed by atoms with Crippen LogP contribution in [-0.2, 0) is 9.53 Å². The molecule has 0 rings (SSSR count). The molecule has 13 heavy (non-hydrogen) atoms. The molecule has 0 heterocycles. The Morgan fingerprint density at radius 2 is 2.15 bits per heavy atom. The molecule has 0 aliphatic carbocycles. The summed E-state index contributed by atoms with van der Waals surface area (Å²) in [6, 6.07) is -0.359. The van der Waals surface area contributed by atoms with Gasteiger partial charge in [0.15, 0.2) is 0 Å². The van der Waals surface area contributed by atoms with Crippen molar-refractivity contribution in [2.24, 2.45) is 4.99 Å². The van der Waals surface area contributed by atoms with E-state index in [1.807, 2.05) is 21.0 Å². The number of hydrogen-bond acceptors (Lipinski definition) is 3. The van der Waals surface area contributed by atoms with Crippen LogP contribution >= 0.6 is 0 Å². The van der Waals surface area contributed by atoms with E-state index in [9.17, 15) is 4.79 Å². The van der Waals surface area contributed by atoms with E-state index in [-0.39, 0.29) is 12.0 Å². The second-order valence-electron chi connectivity index (χ2n) is 2.90. The zero-order valence-electron chi connectivity index (χ0n) is 8.78. The van der Waals surface area contributed by atoms with Crippen LogP contribution in [-0.4, -0.2) is 44.0 Å². The standard InChI is InChI=1S/C9H18N2O2/c1-5-8(9(12)13-6-2)10-7-11(3)4/h7-8H,5-6H2,1-4H3. The third-order valence-corrected chi connectivity index (χ3v) is 1.42. The highest BCUT2D eigenvalue weighted by atomic mass is 16.5. The number of aliphatic imine (C=N–C) groups is 1. The summed E-state index contributed by atoms with van der Waals surface area (Å²) in [5, 5.41) is 0. The van der Waals surface area contributed by atoms with Crippen LogP contribution in [0.15, 0.2) is 4.99 Å². The van der Waals surface area contributed by atoms with E-state index >= 15 is 0 Å². The fraction of sp³-hybridized carbons (Fsp3) is 0.778. The van der Waals surface area contributed by atoms with Crippen LogP contribution in [0.25, 0.3) is 0 Å². The number of nitrogens with zero attached hydrogens (tertiary/aromatic N) is 2. The molecule has 0 radical (unpaired) electrons. The topological polar surface area (TPSA) is 41.9 Å². The Hall–Kier alpha value is -1.06. The molecule has 0 saturated carbocycles. The molecule has 0 aliphatic heterocycles. The van der Waals surface area contributed by atoms with Gasteiger partial charge in [0.25, 0.3) is 0 Å². The second-order valence-corrected chi connectivity index (χ2v) is 2.90. The van der Waals surface area contributed by atoms with Gasteiger partial charge < -0.3 is 9.64 Å². The molecule has 0 aliphatic rings. The maximum atomic E-state index is 11.2. The minimum Gasteiger partial charge on any atom is -0.464 e. The Bertz CT molecular complexity index is 178. The average Bonchev–Trinajstić information content (AvgIpc) is 2.05. The lowest BCUT2D eigenvalue weighted by atomic mass is 10.2. The molecule has 76 valence electrons. The van der Waals surface area contributed by atoms with Gasteiger partial charge in [-0.2, -0.15) is 0 Å². The normalized spacial score (nSPS) is 12.9. The summed E-state index contributed by atoms with van der Waals surface area (Å²) in [6.45, 7) is 4.11. The zero-order valence-corrected chi connectivity index (χ0v) is 8.78. The summed E-state index contributed by atoms with van der Waals surface area (Å²) >= 11 is 0. The van der Waals surface area contributed by atoms with E-state index in [1.165, 1.54) is 0 Å². The minimum atomic E-state index is -0.359. The van der Waals surface area contributed by atoms with E-state index < -0.39 is 0 Å². The summed E-state index contributed by atoms with van der Waals surface area (Å²) in [7, 11) is 3.72. The number of hydrogen-bond donors (Lipinski definition) is 0. The van der Waals surface area contributed by atoms with Gasteiger partial charge in [-0.1, -0.05) is 6.92 Å². The predicted octanol–water partition coefficient (Wildman–Crippen LogP) is 0.918. The fourth-order valence-corrected chi connectivity index (χ4v) is 0.785. The molecule has 0 spiro atoms. The summed E-state index contributed by atoms with van der Waals surface area (Å²) < 4.78 is 4.86. The van der Waals surface area contributed by atoms with Gasteiger partial charge in [0.1, 0.15) is 6.04 Å². The average molecular weight is 186 g/mol. The molecule has 0 aromatic carbocycles. The van der Waals surface area contributed by atoms with E-state index in [2.05, 4.69) is 4.99 Å². The molecular formula is C9H18N2O2. The summed E-state index contributed by atoms with van der Waals surface area (Å²) in [5.41, 5.74) is 0. The van der Waals surface area contributed by atoms with Crippen LogP contribution < -0.4 is 0 Å². The van der Waals surface area contributed by atoms with Crippen molar-refractivity contribution < 1.29 is 9.53 Å². The predicted molar refractivity (Wildman–Crippen MR) is 52.9 cm³/mol. The Morgan fingerprint density at radius 3 is 2.54 bits per heavy atom. The van der Waals surface area contributed by atoms with E-state index in [0.29, 0.717) is 13.0 Å². The Morgan fingerprint density at radius 1 is 1.54 bits per heavy atom. The van der Waals surface area contributed by atoms with E-state index in [4.69, 9.17) is 4.74 Å². The molecule has 0 bridgehead atoms. The van der Waals surface area contributed by atoms with Crippen molar-refractivity contribution in [2.75, 3.05) is 20.7 Å². The monoisotopic (exact) mass is 186 g/mol. The van der Waals surface area contributed by atoms with Gasteiger partial charge in [-0.15, -0.1) is 0 Å². The van der Waals surface area contributed by atoms with Crippen LogP contribution in [0.3, 0.4) is 0 Å². The number of rotatable bonds is 5. The van der Waals surface area contributed by atoms with Gasteiger partial charge in [0.05, 0.1) is 12.9 Å². The molecule has 4 nitrogen and oxygen atoms in total. The highest BCUT2D eigenvalue weighted by molar-refractivity contribution is 5.77. The summed E-state index contributed by atoms with van der Waals surface area (Å²) in [4.78, 5) is 17.1. The SMILES string of the molecule is CCOC(=O)C(CC)N=CN(C)C. The number of carbonyl (C=O) groups is 1. The Kier molecular flexibility index (Phi) is 5.93. The molecule has 4 heteroatoms. The van der Waals surface area contributed by atoms with Crippen molar-refractivity contribution in [3.05, 3.63) is 0 Å². The van der Waals surface area contributed by atoms with Gasteiger partial charge in [-0.05, 0) is 13.3 Å². The maximum absolute atomic E-state index is 11.2. The second kappa shape index (κ2) is 6.46. The van der Waals surface area contributed by atoms with Crippen molar-refractivity contribution >= 4 is 12.3 Å². The minimum absolute atomic E-state index is 0.247. The molecule has 0 fully saturated rings. The van der Waals surface area contributed by atoms with Crippen LogP contribution in [0, 0.1) is 0 Å². The van der Waals surface area contributed by atoms with Gasteiger partial charge in [0.2, 0.25) is 0 Å². The van der Waals surface area contributed by atoms with Gasteiger partial charge in [0, 0.05) is 14.1 Å². The lowest BCUT2D eigenvalue weighted by Crippen LogP contribution is -2.22. The van der Waals surface area contributed by atoms with Crippen LogP contribution in [0.1, 0.15) is 20.3 Å². The zero-order chi connectivity index (χ0) is 10.3. The number of esters is 1. The van der Waals surface area contributed by atoms with Crippen LogP contribution in [0.5, 0.6) is 0 Å². The first-order valence-electron chi connectivity index (χ1n) is 4.48. The molecule has 0 amide bonds. The number of carbonyl (C=O) groups excluding carboxylic acids is 1. The van der Waals surface area contributed by atoms with Gasteiger partial charge in [-0.25, -0.2) is 4.79 Å². The largest absolute Gasteiger partial charge is 0.464 e. The molecule has 0 N–H and O–H groups in total. The van der Waals surface area contributed by atoms with E-state index in [1.54, 1.807) is 18.2 Å². The maximum Gasteiger partial charge on any atom is 0.330 e. The number of ether oxygens (including phenoxy) is 1. The lowest BCUT2D eigenvalue weighted by Gasteiger charge is -2.10. The lowest BCUT2D eigenvalue weighted by molar-refractivity contribution is -0.144. The van der Waals surface area contributed by atoms with Crippen molar-refractivity contribution in [1.82, 2.24) is 4.90 Å². The summed E-state index contributed by atoms with van der Waals surface area (Å²) in [5.74, 6) is -0.247. The summed E-state index contributed by atoms with van der Waals surface area (Å²) in [6.07, 6.45) is 2.30. The first-order chi connectivity index (χ1) is 6.11. The highest BCUT2D eigenvalue weighted by Gasteiger charge is 2.14. The van der Waals surface area contributed by atoms with Gasteiger partial charge in [-0.3, -0.25) is 4.99 Å². The highest BCUT2D eigenvalue weighted by Crippen LogP contribution is 1.99. The van der Waals surface area contributed by atoms with Crippen LogP contribution in [0.2, 0.25) is 0 Å². The molecule has 1 atom stereocenters. The molecule has 1 unspecified atom stereocenters. The van der Waals surface area contributed by atoms with E-state index in [0.717, 1.165) is 0 Å². The van der Waals surface area contributed by atoms with Crippen LogP contribution in [0.4, 0.5) is 0 Å². The third-order valence-electron chi connectivity index (χ3n) is 1.42. The third kappa shape index (κ3) is 5.22. The molecular weight excluding hydrogens is 168 g/mol. The first-order valence-corrected chi connectivity index (χ1v) is 4.48. The van der Waals surface area contributed by atoms with Gasteiger partial charge >= 0.3 is 5.97 Å². The Balaban J connectivity index is 4.09. The van der Waals surface area contributed by atoms with Crippen molar-refractivity contribution in [3.63, 3.8) is 0 Å². The quantitative estimate of drug-likeness (QED) is 0.364. The van der Waals surface area contributed by atoms with Crippen molar-refractivity contribution in [1.29, 1.82) is 0 Å². The fourth-order valence-electron chi connectivity index (χ4n) is 0.785. The Labute approximate surface area is 79.6 Å². The molecule has 0 aromatic rings. The smallest absolute Gasteiger partial charge is 0.330 e. The van der Waals surface area contributed by atoms with Crippen molar-refractivity contribution in [3.8, 4) is 0 Å². The molecule has 0 aromatic heterocycles.